The van der Waals surface area contributed by atoms with Crippen molar-refractivity contribution in [2.24, 2.45) is 0 Å². The molecule has 6 nitrogen and oxygen atoms in total. The lowest BCUT2D eigenvalue weighted by Crippen LogP contribution is -2.49. The zero-order valence-corrected chi connectivity index (χ0v) is 20.5. The number of halogens is 1. The molecule has 1 N–H and O–H groups in total. The van der Waals surface area contributed by atoms with Gasteiger partial charge in [-0.3, -0.25) is 14.0 Å². The number of rotatable bonds is 9. The van der Waals surface area contributed by atoms with E-state index in [1.165, 1.54) is 22.7 Å². The Morgan fingerprint density at radius 3 is 2.44 bits per heavy atom. The van der Waals surface area contributed by atoms with Gasteiger partial charge in [0.05, 0.1) is 11.9 Å². The summed E-state index contributed by atoms with van der Waals surface area (Å²) in [6.07, 6.45) is 3.90. The molecule has 1 saturated heterocycles. The summed E-state index contributed by atoms with van der Waals surface area (Å²) >= 11 is 6.14. The molecule has 2 aromatic carbocycles. The van der Waals surface area contributed by atoms with Crippen molar-refractivity contribution in [2.45, 2.75) is 52.2 Å². The van der Waals surface area contributed by atoms with E-state index in [2.05, 4.69) is 16.3 Å². The van der Waals surface area contributed by atoms with E-state index >= 15 is 0 Å². The number of anilines is 1. The fourth-order valence-corrected chi connectivity index (χ4v) is 5.65. The molecule has 1 amide bonds. The molecule has 0 radical (unpaired) electrons. The highest BCUT2D eigenvalue weighted by Gasteiger charge is 2.32. The zero-order chi connectivity index (χ0) is 23.3. The van der Waals surface area contributed by atoms with Crippen LogP contribution in [0.3, 0.4) is 0 Å². The van der Waals surface area contributed by atoms with Crippen molar-refractivity contribution in [1.29, 1.82) is 0 Å². The van der Waals surface area contributed by atoms with Crippen LogP contribution in [-0.2, 0) is 27.9 Å². The lowest BCUT2D eigenvalue weighted by Gasteiger charge is -2.31. The van der Waals surface area contributed by atoms with E-state index in [-0.39, 0.29) is 5.91 Å². The molecule has 32 heavy (non-hydrogen) atoms. The van der Waals surface area contributed by atoms with Crippen LogP contribution in [0.4, 0.5) is 5.69 Å². The van der Waals surface area contributed by atoms with Gasteiger partial charge in [-0.15, -0.1) is 0 Å². The highest BCUT2D eigenvalue weighted by atomic mass is 35.5. The van der Waals surface area contributed by atoms with Gasteiger partial charge in [0, 0.05) is 18.1 Å². The standard InChI is InChI=1S/C24H32ClN3O3S/c1-4-22(28(32(3,30)31)23-15-21(25)12-11-18(23)2)24(29)26-16-19-9-5-6-10-20(19)17-27-13-7-8-14-27/h5-6,9-12,15,22H,4,7-8,13-14,16-17H2,1-3H3,(H,26,29). The van der Waals surface area contributed by atoms with Crippen LogP contribution in [0.5, 0.6) is 0 Å². The molecule has 1 heterocycles. The summed E-state index contributed by atoms with van der Waals surface area (Å²) in [7, 11) is -3.71. The number of carbonyl (C=O) groups excluding carboxylic acids is 1. The second kappa shape index (κ2) is 10.7. The number of carbonyl (C=O) groups is 1. The van der Waals surface area contributed by atoms with Gasteiger partial charge in [0.25, 0.3) is 0 Å². The summed E-state index contributed by atoms with van der Waals surface area (Å²) in [6, 6.07) is 12.3. The Hall–Kier alpha value is -2.09. The summed E-state index contributed by atoms with van der Waals surface area (Å²) in [6.45, 7) is 7.03. The number of aryl methyl sites for hydroxylation is 1. The molecule has 1 atom stereocenters. The molecule has 174 valence electrons. The maximum atomic E-state index is 13.2. The Morgan fingerprint density at radius 2 is 1.81 bits per heavy atom. The van der Waals surface area contributed by atoms with E-state index in [0.29, 0.717) is 23.7 Å². The van der Waals surface area contributed by atoms with Crippen molar-refractivity contribution in [1.82, 2.24) is 10.2 Å². The first-order chi connectivity index (χ1) is 15.2. The number of nitrogens with one attached hydrogen (secondary N) is 1. The monoisotopic (exact) mass is 477 g/mol. The van der Waals surface area contributed by atoms with Crippen LogP contribution in [0, 0.1) is 6.92 Å². The topological polar surface area (TPSA) is 69.7 Å². The number of benzene rings is 2. The highest BCUT2D eigenvalue weighted by Crippen LogP contribution is 2.29. The largest absolute Gasteiger partial charge is 0.350 e. The predicted molar refractivity (Wildman–Crippen MR) is 130 cm³/mol. The van der Waals surface area contributed by atoms with Crippen molar-refractivity contribution in [3.05, 3.63) is 64.2 Å². The number of hydrogen-bond donors (Lipinski definition) is 1. The molecular weight excluding hydrogens is 446 g/mol. The molecule has 1 aliphatic rings. The second-order valence-corrected chi connectivity index (χ2v) is 10.7. The lowest BCUT2D eigenvalue weighted by molar-refractivity contribution is -0.122. The molecule has 1 fully saturated rings. The highest BCUT2D eigenvalue weighted by molar-refractivity contribution is 7.92. The van der Waals surface area contributed by atoms with Crippen molar-refractivity contribution in [2.75, 3.05) is 23.7 Å². The minimum atomic E-state index is -3.71. The maximum Gasteiger partial charge on any atom is 0.244 e. The van der Waals surface area contributed by atoms with Crippen LogP contribution in [0.25, 0.3) is 0 Å². The van der Waals surface area contributed by atoms with Gasteiger partial charge >= 0.3 is 0 Å². The summed E-state index contributed by atoms with van der Waals surface area (Å²) < 4.78 is 26.6. The Kier molecular flexibility index (Phi) is 8.20. The first kappa shape index (κ1) is 24.6. The average Bonchev–Trinajstić information content (AvgIpc) is 3.25. The van der Waals surface area contributed by atoms with E-state index in [1.807, 2.05) is 32.0 Å². The van der Waals surface area contributed by atoms with Crippen molar-refractivity contribution in [3.8, 4) is 0 Å². The third-order valence-electron chi connectivity index (χ3n) is 5.90. The predicted octanol–water partition coefficient (Wildman–Crippen LogP) is 4.11. The van der Waals surface area contributed by atoms with Gasteiger partial charge in [0.2, 0.25) is 15.9 Å². The molecular formula is C24H32ClN3O3S. The minimum absolute atomic E-state index is 0.326. The molecule has 1 unspecified atom stereocenters. The zero-order valence-electron chi connectivity index (χ0n) is 19.0. The average molecular weight is 478 g/mol. The second-order valence-electron chi connectivity index (χ2n) is 8.38. The van der Waals surface area contributed by atoms with Gasteiger partial charge in [0.15, 0.2) is 0 Å². The van der Waals surface area contributed by atoms with Gasteiger partial charge in [-0.05, 0) is 68.1 Å². The Labute approximate surface area is 196 Å². The molecule has 1 aliphatic heterocycles. The van der Waals surface area contributed by atoms with Gasteiger partial charge in [-0.1, -0.05) is 48.9 Å². The number of likely N-dealkylation sites (tertiary alicyclic amines) is 1. The van der Waals surface area contributed by atoms with E-state index in [1.54, 1.807) is 18.2 Å². The Bertz CT molecular complexity index is 1050. The van der Waals surface area contributed by atoms with E-state index < -0.39 is 16.1 Å². The minimum Gasteiger partial charge on any atom is -0.350 e. The van der Waals surface area contributed by atoms with Crippen LogP contribution in [0.1, 0.15) is 42.9 Å². The Balaban J connectivity index is 1.80. The van der Waals surface area contributed by atoms with Crippen LogP contribution in [-0.4, -0.2) is 44.6 Å². The van der Waals surface area contributed by atoms with Crippen molar-refractivity contribution >= 4 is 33.2 Å². The van der Waals surface area contributed by atoms with Crippen LogP contribution < -0.4 is 9.62 Å². The summed E-state index contributed by atoms with van der Waals surface area (Å²) in [5.74, 6) is -0.326. The fourth-order valence-electron chi connectivity index (χ4n) is 4.22. The summed E-state index contributed by atoms with van der Waals surface area (Å²) in [5.41, 5.74) is 3.40. The van der Waals surface area contributed by atoms with Gasteiger partial charge in [0.1, 0.15) is 6.04 Å². The van der Waals surface area contributed by atoms with Crippen molar-refractivity contribution < 1.29 is 13.2 Å². The first-order valence-corrected chi connectivity index (χ1v) is 13.3. The number of sulfonamides is 1. The normalized spacial score (nSPS) is 15.5. The molecule has 0 aromatic heterocycles. The first-order valence-electron chi connectivity index (χ1n) is 11.0. The van der Waals surface area contributed by atoms with E-state index in [9.17, 15) is 13.2 Å². The quantitative estimate of drug-likeness (QED) is 0.590. The molecule has 0 bridgehead atoms. The molecule has 8 heteroatoms. The molecule has 3 rings (SSSR count). The third-order valence-corrected chi connectivity index (χ3v) is 7.30. The number of nitrogens with zero attached hydrogens (tertiary/aromatic N) is 2. The smallest absolute Gasteiger partial charge is 0.244 e. The summed E-state index contributed by atoms with van der Waals surface area (Å²) in [5, 5.41) is 3.40. The lowest BCUT2D eigenvalue weighted by atomic mass is 10.1. The SMILES string of the molecule is CCC(C(=O)NCc1ccccc1CN1CCCC1)N(c1cc(Cl)ccc1C)S(C)(=O)=O. The summed E-state index contributed by atoms with van der Waals surface area (Å²) in [4.78, 5) is 15.6. The van der Waals surface area contributed by atoms with Crippen molar-refractivity contribution in [3.63, 3.8) is 0 Å². The van der Waals surface area contributed by atoms with E-state index in [4.69, 9.17) is 11.6 Å². The third kappa shape index (κ3) is 6.03. The Morgan fingerprint density at radius 1 is 1.16 bits per heavy atom. The van der Waals surface area contributed by atoms with Gasteiger partial charge in [-0.2, -0.15) is 0 Å². The fraction of sp³-hybridized carbons (Fsp3) is 0.458. The van der Waals surface area contributed by atoms with Crippen LogP contribution in [0.15, 0.2) is 42.5 Å². The number of hydrogen-bond acceptors (Lipinski definition) is 4. The van der Waals surface area contributed by atoms with Crippen LogP contribution >= 0.6 is 11.6 Å². The number of amides is 1. The van der Waals surface area contributed by atoms with Crippen LogP contribution in [0.2, 0.25) is 5.02 Å². The molecule has 0 aliphatic carbocycles. The van der Waals surface area contributed by atoms with Gasteiger partial charge < -0.3 is 5.32 Å². The van der Waals surface area contributed by atoms with Gasteiger partial charge in [-0.25, -0.2) is 8.42 Å². The molecule has 2 aromatic rings. The maximum absolute atomic E-state index is 13.2. The molecule has 0 saturated carbocycles. The molecule has 0 spiro atoms. The van der Waals surface area contributed by atoms with E-state index in [0.717, 1.165) is 37.0 Å².